The summed E-state index contributed by atoms with van der Waals surface area (Å²) in [6, 6.07) is 22.8. The van der Waals surface area contributed by atoms with E-state index in [-0.39, 0.29) is 5.92 Å². The maximum atomic E-state index is 9.39. The molecule has 0 bridgehead atoms. The number of hydrogen-bond acceptors (Lipinski definition) is 5. The smallest absolute Gasteiger partial charge is 0.131 e. The third-order valence-electron chi connectivity index (χ3n) is 4.14. The van der Waals surface area contributed by atoms with Gasteiger partial charge in [-0.1, -0.05) is 60.7 Å². The van der Waals surface area contributed by atoms with Crippen LogP contribution >= 0.6 is 0 Å². The molecule has 5 heteroatoms. The second-order valence-electron chi connectivity index (χ2n) is 6.27. The number of aliphatic hydroxyl groups is 1. The Balaban J connectivity index is 1.73. The molecule has 0 spiro atoms. The number of aromatic nitrogens is 2. The molecular formula is C21H24N4O. The van der Waals surface area contributed by atoms with Crippen LogP contribution in [-0.2, 0) is 0 Å². The van der Waals surface area contributed by atoms with Crippen molar-refractivity contribution in [3.63, 3.8) is 0 Å². The Hall–Kier alpha value is -2.92. The van der Waals surface area contributed by atoms with Gasteiger partial charge in [0.2, 0.25) is 0 Å². The van der Waals surface area contributed by atoms with Crippen LogP contribution in [0, 0.1) is 0 Å². The van der Waals surface area contributed by atoms with Crippen LogP contribution in [-0.4, -0.2) is 34.3 Å². The Bertz CT molecular complexity index is 754. The summed E-state index contributed by atoms with van der Waals surface area (Å²) in [5.41, 5.74) is 2.51. The van der Waals surface area contributed by atoms with E-state index in [2.05, 4.69) is 69.1 Å². The molecule has 26 heavy (non-hydrogen) atoms. The molecule has 1 atom stereocenters. The highest BCUT2D eigenvalue weighted by atomic mass is 16.3. The first kappa shape index (κ1) is 17.9. The van der Waals surface area contributed by atoms with Crippen molar-refractivity contribution >= 4 is 11.6 Å². The first-order chi connectivity index (χ1) is 12.7. The molecule has 0 amide bonds. The minimum atomic E-state index is -0.429. The molecule has 1 heterocycles. The molecule has 0 radical (unpaired) electrons. The highest BCUT2D eigenvalue weighted by Gasteiger charge is 2.14. The lowest BCUT2D eigenvalue weighted by molar-refractivity contribution is 0.208. The number of benzene rings is 2. The van der Waals surface area contributed by atoms with Crippen molar-refractivity contribution in [3.05, 3.63) is 84.2 Å². The van der Waals surface area contributed by atoms with E-state index in [1.165, 1.54) is 17.5 Å². The van der Waals surface area contributed by atoms with Crippen LogP contribution < -0.4 is 10.6 Å². The lowest BCUT2D eigenvalue weighted by Crippen LogP contribution is -2.17. The van der Waals surface area contributed by atoms with Gasteiger partial charge in [0.25, 0.3) is 0 Å². The van der Waals surface area contributed by atoms with Gasteiger partial charge in [-0.15, -0.1) is 0 Å². The van der Waals surface area contributed by atoms with E-state index in [4.69, 9.17) is 0 Å². The fourth-order valence-corrected chi connectivity index (χ4v) is 2.81. The number of nitrogens with zero attached hydrogens (tertiary/aromatic N) is 2. The molecule has 1 aromatic heterocycles. The normalized spacial score (nSPS) is 12.0. The Morgan fingerprint density at radius 1 is 0.808 bits per heavy atom. The third kappa shape index (κ3) is 5.04. The molecule has 1 unspecified atom stereocenters. The second kappa shape index (κ2) is 8.97. The predicted molar refractivity (Wildman–Crippen MR) is 105 cm³/mol. The van der Waals surface area contributed by atoms with E-state index in [1.54, 1.807) is 6.92 Å². The first-order valence-corrected chi connectivity index (χ1v) is 8.80. The van der Waals surface area contributed by atoms with Crippen LogP contribution in [0.1, 0.15) is 24.0 Å². The Morgan fingerprint density at radius 2 is 1.31 bits per heavy atom. The molecule has 2 aromatic carbocycles. The topological polar surface area (TPSA) is 70.1 Å². The molecule has 0 aliphatic rings. The summed E-state index contributed by atoms with van der Waals surface area (Å²) < 4.78 is 0. The minimum Gasteiger partial charge on any atom is -0.392 e. The van der Waals surface area contributed by atoms with Gasteiger partial charge < -0.3 is 15.7 Å². The summed E-state index contributed by atoms with van der Waals surface area (Å²) >= 11 is 0. The lowest BCUT2D eigenvalue weighted by Gasteiger charge is -2.19. The van der Waals surface area contributed by atoms with Gasteiger partial charge in [-0.2, -0.15) is 0 Å². The predicted octanol–water partition coefficient (Wildman–Crippen LogP) is 3.51. The first-order valence-electron chi connectivity index (χ1n) is 8.80. The van der Waals surface area contributed by atoms with Crippen molar-refractivity contribution in [2.75, 3.05) is 23.7 Å². The van der Waals surface area contributed by atoms with Crippen LogP contribution in [0.5, 0.6) is 0 Å². The summed E-state index contributed by atoms with van der Waals surface area (Å²) in [4.78, 5) is 8.48. The highest BCUT2D eigenvalue weighted by molar-refractivity contribution is 5.47. The lowest BCUT2D eigenvalue weighted by atomic mass is 9.91. The van der Waals surface area contributed by atoms with Gasteiger partial charge in [0, 0.05) is 25.1 Å². The number of aliphatic hydroxyl groups excluding tert-OH is 1. The van der Waals surface area contributed by atoms with Crippen molar-refractivity contribution in [2.45, 2.75) is 18.9 Å². The Kier molecular flexibility index (Phi) is 6.17. The standard InChI is InChI=1S/C21H24N4O/c1-16(26)13-22-20-12-21(25-15-24-20)23-14-19(17-8-4-2-5-9-17)18-10-6-3-7-11-18/h2-12,15-16,19,26H,13-14H2,1H3,(H2,22,23,24,25). The van der Waals surface area contributed by atoms with Crippen molar-refractivity contribution in [2.24, 2.45) is 0 Å². The summed E-state index contributed by atoms with van der Waals surface area (Å²) in [6.07, 6.45) is 1.09. The second-order valence-corrected chi connectivity index (χ2v) is 6.27. The molecule has 3 N–H and O–H groups in total. The summed E-state index contributed by atoms with van der Waals surface area (Å²) in [5.74, 6) is 1.67. The number of hydrogen-bond donors (Lipinski definition) is 3. The van der Waals surface area contributed by atoms with Crippen molar-refractivity contribution in [1.29, 1.82) is 0 Å². The maximum Gasteiger partial charge on any atom is 0.131 e. The van der Waals surface area contributed by atoms with Gasteiger partial charge in [-0.05, 0) is 18.1 Å². The van der Waals surface area contributed by atoms with Crippen LogP contribution in [0.3, 0.4) is 0 Å². The van der Waals surface area contributed by atoms with E-state index in [0.29, 0.717) is 12.4 Å². The largest absolute Gasteiger partial charge is 0.392 e. The number of rotatable bonds is 8. The average molecular weight is 348 g/mol. The monoisotopic (exact) mass is 348 g/mol. The van der Waals surface area contributed by atoms with E-state index in [9.17, 15) is 5.11 Å². The zero-order valence-corrected chi connectivity index (χ0v) is 14.8. The highest BCUT2D eigenvalue weighted by Crippen LogP contribution is 2.25. The quantitative estimate of drug-likeness (QED) is 0.581. The van der Waals surface area contributed by atoms with Gasteiger partial charge in [0.1, 0.15) is 18.0 Å². The van der Waals surface area contributed by atoms with Gasteiger partial charge in [-0.25, -0.2) is 9.97 Å². The zero-order chi connectivity index (χ0) is 18.2. The van der Waals surface area contributed by atoms with Gasteiger partial charge in [0.05, 0.1) is 6.10 Å². The molecule has 3 rings (SSSR count). The number of anilines is 2. The van der Waals surface area contributed by atoms with Crippen LogP contribution in [0.25, 0.3) is 0 Å². The molecular weight excluding hydrogens is 324 g/mol. The maximum absolute atomic E-state index is 9.39. The van der Waals surface area contributed by atoms with Gasteiger partial charge in [-0.3, -0.25) is 0 Å². The minimum absolute atomic E-state index is 0.223. The SMILES string of the molecule is CC(O)CNc1cc(NCC(c2ccccc2)c2ccccc2)ncn1. The Morgan fingerprint density at radius 3 is 1.81 bits per heavy atom. The van der Waals surface area contributed by atoms with E-state index in [1.807, 2.05) is 18.2 Å². The van der Waals surface area contributed by atoms with Crippen molar-refractivity contribution in [1.82, 2.24) is 9.97 Å². The molecule has 0 aliphatic heterocycles. The summed E-state index contributed by atoms with van der Waals surface area (Å²) in [5, 5.41) is 15.9. The van der Waals surface area contributed by atoms with Crippen molar-refractivity contribution < 1.29 is 5.11 Å². The summed E-state index contributed by atoms with van der Waals surface area (Å²) in [7, 11) is 0. The molecule has 5 nitrogen and oxygen atoms in total. The fourth-order valence-electron chi connectivity index (χ4n) is 2.81. The fraction of sp³-hybridized carbons (Fsp3) is 0.238. The van der Waals surface area contributed by atoms with Crippen LogP contribution in [0.2, 0.25) is 0 Å². The molecule has 0 saturated carbocycles. The number of nitrogens with one attached hydrogen (secondary N) is 2. The summed E-state index contributed by atoms with van der Waals surface area (Å²) in [6.45, 7) is 2.91. The van der Waals surface area contributed by atoms with E-state index < -0.39 is 6.10 Å². The van der Waals surface area contributed by atoms with E-state index >= 15 is 0 Å². The van der Waals surface area contributed by atoms with E-state index in [0.717, 1.165) is 12.4 Å². The molecule has 0 fully saturated rings. The molecule has 0 aliphatic carbocycles. The van der Waals surface area contributed by atoms with Gasteiger partial charge in [0.15, 0.2) is 0 Å². The molecule has 0 saturated heterocycles. The average Bonchev–Trinajstić information content (AvgIpc) is 2.69. The molecule has 3 aromatic rings. The zero-order valence-electron chi connectivity index (χ0n) is 14.8. The van der Waals surface area contributed by atoms with Gasteiger partial charge >= 0.3 is 0 Å². The van der Waals surface area contributed by atoms with Crippen LogP contribution in [0.4, 0.5) is 11.6 Å². The van der Waals surface area contributed by atoms with Crippen LogP contribution in [0.15, 0.2) is 73.1 Å². The third-order valence-corrected chi connectivity index (χ3v) is 4.14. The Labute approximate surface area is 154 Å². The molecule has 134 valence electrons. The van der Waals surface area contributed by atoms with Crippen molar-refractivity contribution in [3.8, 4) is 0 Å².